The van der Waals surface area contributed by atoms with E-state index in [4.69, 9.17) is 16.6 Å². The number of guanidine groups is 1. The number of carbonyl (C=O) groups is 2. The zero-order valence-corrected chi connectivity index (χ0v) is 19.6. The van der Waals surface area contributed by atoms with Gasteiger partial charge < -0.3 is 14.7 Å². The zero-order chi connectivity index (χ0) is 23.8. The molecule has 0 aromatic heterocycles. The standard InChI is InChI=1S/C24H26ClFN6O2/c1-29-21-20(22(33)28-24(29)34)32(15-17-4-2-3-5-19(17)25)23(27-21)31-12-10-30(11-13-31)14-16-6-8-18(26)9-7-16/h2-9,20-21H,10-15H2,1H3,(H,28,33,34). The van der Waals surface area contributed by atoms with E-state index in [0.717, 1.165) is 43.9 Å². The summed E-state index contributed by atoms with van der Waals surface area (Å²) in [6, 6.07) is 13.1. The number of rotatable bonds is 4. The van der Waals surface area contributed by atoms with Crippen molar-refractivity contribution in [3.8, 4) is 0 Å². The van der Waals surface area contributed by atoms with Crippen molar-refractivity contribution < 1.29 is 14.0 Å². The summed E-state index contributed by atoms with van der Waals surface area (Å²) >= 11 is 6.43. The smallest absolute Gasteiger partial charge is 0.325 e. The molecule has 2 unspecified atom stereocenters. The first-order valence-corrected chi connectivity index (χ1v) is 11.7. The summed E-state index contributed by atoms with van der Waals surface area (Å²) < 4.78 is 13.2. The molecule has 34 heavy (non-hydrogen) atoms. The topological polar surface area (TPSA) is 71.5 Å². The van der Waals surface area contributed by atoms with Gasteiger partial charge in [-0.25, -0.2) is 14.2 Å². The molecule has 0 radical (unpaired) electrons. The third-order valence-electron chi connectivity index (χ3n) is 6.61. The number of imide groups is 1. The highest BCUT2D eigenvalue weighted by Crippen LogP contribution is 2.29. The number of likely N-dealkylation sites (N-methyl/N-ethyl adjacent to an activating group) is 1. The number of hydrogen-bond donors (Lipinski definition) is 1. The molecule has 0 saturated carbocycles. The van der Waals surface area contributed by atoms with Crippen LogP contribution < -0.4 is 5.32 Å². The van der Waals surface area contributed by atoms with Gasteiger partial charge in [0, 0.05) is 51.3 Å². The first kappa shape index (κ1) is 22.6. The molecule has 2 atom stereocenters. The third-order valence-corrected chi connectivity index (χ3v) is 6.98. The van der Waals surface area contributed by atoms with Crippen LogP contribution >= 0.6 is 11.6 Å². The van der Waals surface area contributed by atoms with Crippen LogP contribution in [0.2, 0.25) is 5.02 Å². The van der Waals surface area contributed by atoms with Gasteiger partial charge in [0.25, 0.3) is 5.91 Å². The van der Waals surface area contributed by atoms with E-state index in [1.165, 1.54) is 17.0 Å². The van der Waals surface area contributed by atoms with Gasteiger partial charge in [0.15, 0.2) is 18.2 Å². The van der Waals surface area contributed by atoms with Crippen molar-refractivity contribution in [1.29, 1.82) is 0 Å². The van der Waals surface area contributed by atoms with Crippen molar-refractivity contribution in [2.75, 3.05) is 33.2 Å². The number of urea groups is 1. The van der Waals surface area contributed by atoms with Gasteiger partial charge in [0.05, 0.1) is 0 Å². The Labute approximate surface area is 202 Å². The minimum absolute atomic E-state index is 0.236. The van der Waals surface area contributed by atoms with Gasteiger partial charge in [0.2, 0.25) is 0 Å². The van der Waals surface area contributed by atoms with Crippen LogP contribution in [0.15, 0.2) is 53.5 Å². The average molecular weight is 485 g/mol. The third kappa shape index (κ3) is 4.33. The van der Waals surface area contributed by atoms with E-state index < -0.39 is 18.2 Å². The molecule has 3 aliphatic rings. The number of piperazine rings is 1. The average Bonchev–Trinajstić information content (AvgIpc) is 3.21. The highest BCUT2D eigenvalue weighted by Gasteiger charge is 2.50. The predicted molar refractivity (Wildman–Crippen MR) is 127 cm³/mol. The van der Waals surface area contributed by atoms with Crippen molar-refractivity contribution >= 4 is 29.5 Å². The van der Waals surface area contributed by atoms with E-state index in [1.54, 1.807) is 7.05 Å². The number of nitrogens with one attached hydrogen (secondary N) is 1. The highest BCUT2D eigenvalue weighted by atomic mass is 35.5. The zero-order valence-electron chi connectivity index (χ0n) is 18.8. The molecule has 8 nitrogen and oxygen atoms in total. The van der Waals surface area contributed by atoms with Crippen molar-refractivity contribution in [2.45, 2.75) is 25.3 Å². The molecule has 2 fully saturated rings. The fraction of sp³-hybridized carbons (Fsp3) is 0.375. The maximum atomic E-state index is 13.2. The minimum Gasteiger partial charge on any atom is -0.340 e. The molecule has 1 N–H and O–H groups in total. The molecule has 0 bridgehead atoms. The monoisotopic (exact) mass is 484 g/mol. The van der Waals surface area contributed by atoms with Crippen LogP contribution in [0.1, 0.15) is 11.1 Å². The summed E-state index contributed by atoms with van der Waals surface area (Å²) in [6.07, 6.45) is -0.587. The lowest BCUT2D eigenvalue weighted by Crippen LogP contribution is -2.64. The van der Waals surface area contributed by atoms with E-state index in [-0.39, 0.29) is 11.7 Å². The number of aliphatic imine (C=N–C) groups is 1. The Morgan fingerprint density at radius 3 is 2.44 bits per heavy atom. The Morgan fingerprint density at radius 2 is 1.74 bits per heavy atom. The van der Waals surface area contributed by atoms with Crippen molar-refractivity contribution in [3.63, 3.8) is 0 Å². The van der Waals surface area contributed by atoms with E-state index in [2.05, 4.69) is 15.1 Å². The molecule has 2 aromatic rings. The summed E-state index contributed by atoms with van der Waals surface area (Å²) in [7, 11) is 1.65. The second-order valence-corrected chi connectivity index (χ2v) is 9.21. The van der Waals surface area contributed by atoms with Crippen LogP contribution in [0.4, 0.5) is 9.18 Å². The Morgan fingerprint density at radius 1 is 1.03 bits per heavy atom. The number of hydrogen-bond acceptors (Lipinski definition) is 6. The fourth-order valence-corrected chi connectivity index (χ4v) is 4.90. The van der Waals surface area contributed by atoms with Crippen LogP contribution in [0, 0.1) is 5.82 Å². The van der Waals surface area contributed by atoms with Gasteiger partial charge in [0.1, 0.15) is 5.82 Å². The second-order valence-electron chi connectivity index (χ2n) is 8.80. The normalized spacial score (nSPS) is 23.1. The van der Waals surface area contributed by atoms with Crippen LogP contribution in [-0.2, 0) is 17.9 Å². The summed E-state index contributed by atoms with van der Waals surface area (Å²) in [5.74, 6) is 0.113. The number of benzene rings is 2. The van der Waals surface area contributed by atoms with Crippen molar-refractivity contribution in [1.82, 2.24) is 24.9 Å². The summed E-state index contributed by atoms with van der Waals surface area (Å²) in [5.41, 5.74) is 1.95. The summed E-state index contributed by atoms with van der Waals surface area (Å²) in [6.45, 7) is 4.19. The summed E-state index contributed by atoms with van der Waals surface area (Å²) in [5, 5.41) is 3.06. The maximum absolute atomic E-state index is 13.2. The van der Waals surface area contributed by atoms with E-state index in [0.29, 0.717) is 17.5 Å². The Balaban J connectivity index is 1.35. The highest BCUT2D eigenvalue weighted by molar-refractivity contribution is 6.31. The number of nitrogens with zero attached hydrogens (tertiary/aromatic N) is 5. The molecule has 3 heterocycles. The first-order valence-electron chi connectivity index (χ1n) is 11.3. The van der Waals surface area contributed by atoms with Crippen molar-refractivity contribution in [2.24, 2.45) is 4.99 Å². The quantitative estimate of drug-likeness (QED) is 0.721. The van der Waals surface area contributed by atoms with E-state index in [9.17, 15) is 14.0 Å². The van der Waals surface area contributed by atoms with Crippen molar-refractivity contribution in [3.05, 3.63) is 70.5 Å². The second kappa shape index (κ2) is 9.23. The van der Waals surface area contributed by atoms with Crippen LogP contribution in [-0.4, -0.2) is 82.9 Å². The van der Waals surface area contributed by atoms with Gasteiger partial charge in [-0.2, -0.15) is 0 Å². The summed E-state index contributed by atoms with van der Waals surface area (Å²) in [4.78, 5) is 37.9. The molecule has 0 spiro atoms. The molecule has 10 heteroatoms. The van der Waals surface area contributed by atoms with Gasteiger partial charge in [-0.1, -0.05) is 41.9 Å². The van der Waals surface area contributed by atoms with E-state index in [1.807, 2.05) is 41.3 Å². The Bertz CT molecular complexity index is 1120. The predicted octanol–water partition coefficient (Wildman–Crippen LogP) is 2.34. The van der Waals surface area contributed by atoms with Gasteiger partial charge >= 0.3 is 6.03 Å². The lowest BCUT2D eigenvalue weighted by Gasteiger charge is -2.40. The molecular weight excluding hydrogens is 459 g/mol. The Kier molecular flexibility index (Phi) is 6.14. The molecule has 178 valence electrons. The molecule has 2 aromatic carbocycles. The first-order chi connectivity index (χ1) is 16.4. The van der Waals surface area contributed by atoms with Crippen LogP contribution in [0.25, 0.3) is 0 Å². The Hall–Kier alpha value is -3.17. The SMILES string of the molecule is CN1C(=O)NC(=O)C2C1N=C(N1CCN(Cc3ccc(F)cc3)CC1)N2Cc1ccccc1Cl. The van der Waals surface area contributed by atoms with Crippen LogP contribution in [0.3, 0.4) is 0 Å². The minimum atomic E-state index is -0.619. The van der Waals surface area contributed by atoms with Gasteiger partial charge in [-0.15, -0.1) is 0 Å². The molecule has 5 rings (SSSR count). The van der Waals surface area contributed by atoms with Crippen LogP contribution in [0.5, 0.6) is 0 Å². The van der Waals surface area contributed by atoms with E-state index >= 15 is 0 Å². The lowest BCUT2D eigenvalue weighted by atomic mass is 10.1. The van der Waals surface area contributed by atoms with Gasteiger partial charge in [-0.3, -0.25) is 15.0 Å². The number of halogens is 2. The fourth-order valence-electron chi connectivity index (χ4n) is 4.71. The molecule has 0 aliphatic carbocycles. The molecule has 2 saturated heterocycles. The molecule has 3 amide bonds. The van der Waals surface area contributed by atoms with Gasteiger partial charge in [-0.05, 0) is 29.3 Å². The largest absolute Gasteiger partial charge is 0.340 e. The maximum Gasteiger partial charge on any atom is 0.325 e. The number of carbonyl (C=O) groups excluding carboxylic acids is 2. The molecule has 3 aliphatic heterocycles. The number of fused-ring (bicyclic) bond motifs is 1. The lowest BCUT2D eigenvalue weighted by molar-refractivity contribution is -0.127. The molecular formula is C24H26ClFN6O2. The number of amides is 3.